The fourth-order valence-electron chi connectivity index (χ4n) is 2.58. The van der Waals surface area contributed by atoms with Crippen molar-refractivity contribution in [2.24, 2.45) is 0 Å². The zero-order valence-corrected chi connectivity index (χ0v) is 13.4. The number of anilines is 2. The quantitative estimate of drug-likeness (QED) is 0.933. The molecule has 0 radical (unpaired) electrons. The van der Waals surface area contributed by atoms with Gasteiger partial charge >= 0.3 is 0 Å². The molecule has 122 valence electrons. The number of nitrogens with one attached hydrogen (secondary N) is 1. The van der Waals surface area contributed by atoms with Gasteiger partial charge in [0.25, 0.3) is 10.0 Å². The number of hydrogen-bond donors (Lipinski definition) is 1. The summed E-state index contributed by atoms with van der Waals surface area (Å²) in [5.74, 6) is 0.380. The summed E-state index contributed by atoms with van der Waals surface area (Å²) >= 11 is 0. The van der Waals surface area contributed by atoms with E-state index in [-0.39, 0.29) is 4.90 Å². The Hall–Kier alpha value is -2.15. The van der Waals surface area contributed by atoms with Crippen LogP contribution in [0.1, 0.15) is 19.3 Å². The minimum Gasteiger partial charge on any atom is -0.357 e. The lowest BCUT2D eigenvalue weighted by molar-refractivity contribution is 0.573. The predicted molar refractivity (Wildman–Crippen MR) is 87.5 cm³/mol. The number of aromatic nitrogens is 1. The number of nitrogens with zero attached hydrogens (tertiary/aromatic N) is 2. The molecule has 1 N–H and O–H groups in total. The molecule has 0 aliphatic carbocycles. The second-order valence-electron chi connectivity index (χ2n) is 5.51. The van der Waals surface area contributed by atoms with Gasteiger partial charge in [0.15, 0.2) is 0 Å². The molecule has 7 heteroatoms. The van der Waals surface area contributed by atoms with Crippen molar-refractivity contribution in [3.8, 4) is 0 Å². The van der Waals surface area contributed by atoms with Crippen LogP contribution < -0.4 is 9.62 Å². The SMILES string of the molecule is O=S(=O)(Nc1ccc(N2CCCCC2)nc1)c1ccc(F)cc1. The van der Waals surface area contributed by atoms with Crippen LogP contribution in [0.25, 0.3) is 0 Å². The fourth-order valence-corrected chi connectivity index (χ4v) is 3.63. The molecule has 3 rings (SSSR count). The molecule has 1 aromatic carbocycles. The second kappa shape index (κ2) is 6.54. The molecular formula is C16H18FN3O2S. The van der Waals surface area contributed by atoms with Gasteiger partial charge in [-0.15, -0.1) is 0 Å². The molecule has 1 aliphatic heterocycles. The maximum atomic E-state index is 12.9. The van der Waals surface area contributed by atoms with Gasteiger partial charge in [0.1, 0.15) is 11.6 Å². The Morgan fingerprint density at radius 3 is 2.30 bits per heavy atom. The maximum absolute atomic E-state index is 12.9. The first kappa shape index (κ1) is 15.7. The topological polar surface area (TPSA) is 62.3 Å². The summed E-state index contributed by atoms with van der Waals surface area (Å²) in [5.41, 5.74) is 0.384. The van der Waals surface area contributed by atoms with Crippen molar-refractivity contribution in [1.29, 1.82) is 0 Å². The standard InChI is InChI=1S/C16H18FN3O2S/c17-13-4-7-15(8-5-13)23(21,22)19-14-6-9-16(18-12-14)20-10-2-1-3-11-20/h4-9,12,19H,1-3,10-11H2. The van der Waals surface area contributed by atoms with Gasteiger partial charge in [0.2, 0.25) is 0 Å². The van der Waals surface area contributed by atoms with Crippen LogP contribution in [0, 0.1) is 5.82 Å². The van der Waals surface area contributed by atoms with Crippen LogP contribution >= 0.6 is 0 Å². The minimum atomic E-state index is -3.74. The minimum absolute atomic E-state index is 0.0130. The number of hydrogen-bond acceptors (Lipinski definition) is 4. The van der Waals surface area contributed by atoms with E-state index >= 15 is 0 Å². The highest BCUT2D eigenvalue weighted by molar-refractivity contribution is 7.92. The van der Waals surface area contributed by atoms with Crippen molar-refractivity contribution in [2.45, 2.75) is 24.2 Å². The summed E-state index contributed by atoms with van der Waals surface area (Å²) in [6.07, 6.45) is 5.05. The molecule has 5 nitrogen and oxygen atoms in total. The average Bonchev–Trinajstić information content (AvgIpc) is 2.56. The summed E-state index contributed by atoms with van der Waals surface area (Å²) in [5, 5.41) is 0. The van der Waals surface area contributed by atoms with Crippen LogP contribution in [0.5, 0.6) is 0 Å². The number of rotatable bonds is 4. The largest absolute Gasteiger partial charge is 0.357 e. The van der Waals surface area contributed by atoms with Gasteiger partial charge in [0.05, 0.1) is 16.8 Å². The third kappa shape index (κ3) is 3.79. The highest BCUT2D eigenvalue weighted by Crippen LogP contribution is 2.21. The number of sulfonamides is 1. The van der Waals surface area contributed by atoms with Crippen molar-refractivity contribution >= 4 is 21.5 Å². The molecule has 1 aliphatic rings. The molecule has 0 unspecified atom stereocenters. The highest BCUT2D eigenvalue weighted by atomic mass is 32.2. The van der Waals surface area contributed by atoms with Gasteiger partial charge in [-0.2, -0.15) is 0 Å². The van der Waals surface area contributed by atoms with Crippen molar-refractivity contribution in [2.75, 3.05) is 22.7 Å². The van der Waals surface area contributed by atoms with Gasteiger partial charge in [-0.05, 0) is 55.7 Å². The molecule has 0 saturated carbocycles. The van der Waals surface area contributed by atoms with Gasteiger partial charge < -0.3 is 4.90 Å². The molecule has 1 saturated heterocycles. The van der Waals surface area contributed by atoms with Crippen LogP contribution in [0.15, 0.2) is 47.5 Å². The van der Waals surface area contributed by atoms with Crippen LogP contribution in [-0.2, 0) is 10.0 Å². The first-order chi connectivity index (χ1) is 11.0. The summed E-state index contributed by atoms with van der Waals surface area (Å²) in [7, 11) is -3.74. The van der Waals surface area contributed by atoms with Crippen LogP contribution in [0.3, 0.4) is 0 Å². The van der Waals surface area contributed by atoms with Crippen LogP contribution in [-0.4, -0.2) is 26.5 Å². The van der Waals surface area contributed by atoms with Crippen molar-refractivity contribution in [3.05, 3.63) is 48.4 Å². The lowest BCUT2D eigenvalue weighted by Crippen LogP contribution is -2.30. The van der Waals surface area contributed by atoms with E-state index in [1.165, 1.54) is 24.8 Å². The van der Waals surface area contributed by atoms with E-state index in [4.69, 9.17) is 0 Å². The van der Waals surface area contributed by atoms with Gasteiger partial charge in [0, 0.05) is 13.1 Å². The lowest BCUT2D eigenvalue weighted by atomic mass is 10.1. The lowest BCUT2D eigenvalue weighted by Gasteiger charge is -2.27. The van der Waals surface area contributed by atoms with Crippen LogP contribution in [0.2, 0.25) is 0 Å². The first-order valence-corrected chi connectivity index (χ1v) is 9.02. The van der Waals surface area contributed by atoms with Crippen molar-refractivity contribution in [1.82, 2.24) is 4.98 Å². The monoisotopic (exact) mass is 335 g/mol. The number of benzene rings is 1. The van der Waals surface area contributed by atoms with E-state index in [2.05, 4.69) is 14.6 Å². The van der Waals surface area contributed by atoms with Crippen LogP contribution in [0.4, 0.5) is 15.9 Å². The average molecular weight is 335 g/mol. The Balaban J connectivity index is 1.73. The van der Waals surface area contributed by atoms with E-state index in [9.17, 15) is 12.8 Å². The molecule has 1 aromatic heterocycles. The number of piperidine rings is 1. The molecular weight excluding hydrogens is 317 g/mol. The van der Waals surface area contributed by atoms with E-state index in [1.54, 1.807) is 6.07 Å². The third-order valence-electron chi connectivity index (χ3n) is 3.80. The number of pyridine rings is 1. The van der Waals surface area contributed by atoms with Gasteiger partial charge in [-0.25, -0.2) is 17.8 Å². The highest BCUT2D eigenvalue weighted by Gasteiger charge is 2.15. The Bertz CT molecular complexity index is 755. The van der Waals surface area contributed by atoms with Gasteiger partial charge in [-0.3, -0.25) is 4.72 Å². The Morgan fingerprint density at radius 1 is 1.00 bits per heavy atom. The second-order valence-corrected chi connectivity index (χ2v) is 7.19. The Labute approximate surface area is 135 Å². The molecule has 0 bridgehead atoms. The first-order valence-electron chi connectivity index (χ1n) is 7.54. The predicted octanol–water partition coefficient (Wildman–Crippen LogP) is 3.01. The third-order valence-corrected chi connectivity index (χ3v) is 5.20. The molecule has 2 heterocycles. The normalized spacial score (nSPS) is 15.4. The van der Waals surface area contributed by atoms with E-state index in [1.807, 2.05) is 6.07 Å². The van der Waals surface area contributed by atoms with E-state index in [0.29, 0.717) is 5.69 Å². The Morgan fingerprint density at radius 2 is 1.70 bits per heavy atom. The van der Waals surface area contributed by atoms with Crippen molar-refractivity contribution in [3.63, 3.8) is 0 Å². The zero-order valence-electron chi connectivity index (χ0n) is 12.6. The van der Waals surface area contributed by atoms with Crippen molar-refractivity contribution < 1.29 is 12.8 Å². The smallest absolute Gasteiger partial charge is 0.261 e. The molecule has 2 aromatic rings. The summed E-state index contributed by atoms with van der Waals surface area (Å²) < 4.78 is 39.8. The fraction of sp³-hybridized carbons (Fsp3) is 0.312. The molecule has 1 fully saturated rings. The molecule has 0 spiro atoms. The summed E-state index contributed by atoms with van der Waals surface area (Å²) in [6, 6.07) is 8.20. The van der Waals surface area contributed by atoms with Gasteiger partial charge in [-0.1, -0.05) is 0 Å². The molecule has 23 heavy (non-hydrogen) atoms. The maximum Gasteiger partial charge on any atom is 0.261 e. The zero-order chi connectivity index (χ0) is 16.3. The number of halogens is 1. The van der Waals surface area contributed by atoms with E-state index < -0.39 is 15.8 Å². The summed E-state index contributed by atoms with van der Waals surface area (Å²) in [4.78, 5) is 6.54. The Kier molecular flexibility index (Phi) is 4.47. The molecule has 0 amide bonds. The van der Waals surface area contributed by atoms with E-state index in [0.717, 1.165) is 43.9 Å². The molecule has 0 atom stereocenters. The summed E-state index contributed by atoms with van der Waals surface area (Å²) in [6.45, 7) is 1.96.